The molecule has 4 N–H and O–H groups in total. The third-order valence-corrected chi connectivity index (χ3v) is 3.69. The van der Waals surface area contributed by atoms with E-state index in [4.69, 9.17) is 5.73 Å². The Labute approximate surface area is 130 Å². The van der Waals surface area contributed by atoms with Crippen molar-refractivity contribution in [3.63, 3.8) is 0 Å². The van der Waals surface area contributed by atoms with Gasteiger partial charge < -0.3 is 15.8 Å². The molecule has 0 saturated carbocycles. The Bertz CT molecular complexity index is 696. The molecule has 0 spiro atoms. The van der Waals surface area contributed by atoms with Gasteiger partial charge in [-0.2, -0.15) is 0 Å². The topological polar surface area (TPSA) is 62.0 Å². The molecule has 3 rings (SSSR count). The Morgan fingerprint density at radius 2 is 1.76 bits per heavy atom. The summed E-state index contributed by atoms with van der Waals surface area (Å²) in [6, 6.07) is 17.5. The number of hydrogen-bond donors (Lipinski definition) is 3. The highest BCUT2D eigenvalue weighted by Gasteiger charge is 2.19. The smallest absolute Gasteiger partial charge is 0.0773 e. The van der Waals surface area contributed by atoms with E-state index in [0.29, 0.717) is 6.42 Å². The maximum Gasteiger partial charge on any atom is 0.0773 e. The minimum atomic E-state index is -0.599. The van der Waals surface area contributed by atoms with E-state index in [1.54, 1.807) is 0 Å². The molecule has 2 atom stereocenters. The normalized spacial score (nSPS) is 13.6. The van der Waals surface area contributed by atoms with E-state index in [1.165, 1.54) is 0 Å². The zero-order chi connectivity index (χ0) is 13.9. The quantitative estimate of drug-likeness (QED) is 0.693. The summed E-state index contributed by atoms with van der Waals surface area (Å²) >= 11 is 0. The number of rotatable bonds is 4. The maximum atomic E-state index is 10.4. The summed E-state index contributed by atoms with van der Waals surface area (Å²) in [5, 5.41) is 11.5. The van der Waals surface area contributed by atoms with Crippen molar-refractivity contribution in [1.29, 1.82) is 0 Å². The fourth-order valence-electron chi connectivity index (χ4n) is 2.59. The molecule has 1 heterocycles. The number of benzene rings is 2. The first-order chi connectivity index (χ1) is 9.75. The van der Waals surface area contributed by atoms with E-state index in [9.17, 15) is 5.11 Å². The van der Waals surface area contributed by atoms with Crippen LogP contribution in [0.4, 0.5) is 0 Å². The van der Waals surface area contributed by atoms with Gasteiger partial charge >= 0.3 is 0 Å². The van der Waals surface area contributed by atoms with E-state index in [1.807, 2.05) is 60.8 Å². The van der Waals surface area contributed by atoms with Crippen molar-refractivity contribution < 1.29 is 5.11 Å². The number of nitrogens with one attached hydrogen (secondary N) is 1. The van der Waals surface area contributed by atoms with Gasteiger partial charge in [0.15, 0.2) is 0 Å². The third-order valence-electron chi connectivity index (χ3n) is 3.69. The van der Waals surface area contributed by atoms with Gasteiger partial charge in [0.25, 0.3) is 0 Å². The second-order valence-corrected chi connectivity index (χ2v) is 5.07. The van der Waals surface area contributed by atoms with E-state index in [0.717, 1.165) is 22.0 Å². The Morgan fingerprint density at radius 1 is 1.00 bits per heavy atom. The van der Waals surface area contributed by atoms with Crippen molar-refractivity contribution in [1.82, 2.24) is 4.98 Å². The Morgan fingerprint density at radius 3 is 2.52 bits per heavy atom. The molecule has 110 valence electrons. The fourth-order valence-corrected chi connectivity index (χ4v) is 2.59. The Balaban J connectivity index is 0.00000161. The molecule has 0 aliphatic carbocycles. The third kappa shape index (κ3) is 3.27. The van der Waals surface area contributed by atoms with Crippen LogP contribution in [-0.2, 0) is 6.42 Å². The van der Waals surface area contributed by atoms with E-state index in [-0.39, 0.29) is 12.4 Å². The molecular weight excluding hydrogens is 284 g/mol. The minimum Gasteiger partial charge on any atom is -0.391 e. The highest BCUT2D eigenvalue weighted by atomic mass is 35.5. The second kappa shape index (κ2) is 6.76. The lowest BCUT2D eigenvalue weighted by Gasteiger charge is -2.20. The SMILES string of the molecule is Cl.N[C@H](c1cccc2[nH]ccc12)[C@@H](O)Cc1ccccc1. The number of aromatic amines is 1. The van der Waals surface area contributed by atoms with Crippen LogP contribution in [0.5, 0.6) is 0 Å². The predicted molar refractivity (Wildman–Crippen MR) is 88.6 cm³/mol. The Kier molecular flexibility index (Phi) is 5.02. The monoisotopic (exact) mass is 302 g/mol. The van der Waals surface area contributed by atoms with Crippen LogP contribution in [0.3, 0.4) is 0 Å². The van der Waals surface area contributed by atoms with Crippen LogP contribution >= 0.6 is 12.4 Å². The van der Waals surface area contributed by atoms with Crippen LogP contribution in [0.25, 0.3) is 10.9 Å². The van der Waals surface area contributed by atoms with Gasteiger partial charge in [-0.15, -0.1) is 12.4 Å². The number of nitrogens with two attached hydrogens (primary N) is 1. The van der Waals surface area contributed by atoms with Crippen molar-refractivity contribution in [2.75, 3.05) is 0 Å². The van der Waals surface area contributed by atoms with Crippen LogP contribution in [0, 0.1) is 0 Å². The first kappa shape index (κ1) is 15.6. The summed E-state index contributed by atoms with van der Waals surface area (Å²) in [6.45, 7) is 0. The molecular formula is C17H19ClN2O. The van der Waals surface area contributed by atoms with Crippen molar-refractivity contribution >= 4 is 23.3 Å². The standard InChI is InChI=1S/C17H18N2O.ClH/c18-17(16(20)11-12-5-2-1-3-6-12)14-7-4-8-15-13(14)9-10-19-15;/h1-10,16-17,19-20H,11,18H2;1H/t16-,17+;/m0./s1. The molecule has 21 heavy (non-hydrogen) atoms. The fraction of sp³-hybridized carbons (Fsp3) is 0.176. The first-order valence-electron chi connectivity index (χ1n) is 6.79. The molecule has 0 radical (unpaired) electrons. The summed E-state index contributed by atoms with van der Waals surface area (Å²) in [5.41, 5.74) is 9.37. The highest BCUT2D eigenvalue weighted by molar-refractivity contribution is 5.85. The summed E-state index contributed by atoms with van der Waals surface area (Å²) in [5.74, 6) is 0. The zero-order valence-electron chi connectivity index (χ0n) is 11.6. The molecule has 0 amide bonds. The largest absolute Gasteiger partial charge is 0.391 e. The van der Waals surface area contributed by atoms with Gasteiger partial charge in [0.05, 0.1) is 12.1 Å². The lowest BCUT2D eigenvalue weighted by Crippen LogP contribution is -2.28. The highest BCUT2D eigenvalue weighted by Crippen LogP contribution is 2.25. The van der Waals surface area contributed by atoms with Crippen LogP contribution in [-0.4, -0.2) is 16.2 Å². The van der Waals surface area contributed by atoms with E-state index < -0.39 is 12.1 Å². The lowest BCUT2D eigenvalue weighted by atomic mass is 9.95. The minimum absolute atomic E-state index is 0. The van der Waals surface area contributed by atoms with Crippen LogP contribution in [0.1, 0.15) is 17.2 Å². The number of aliphatic hydroxyl groups is 1. The van der Waals surface area contributed by atoms with Gasteiger partial charge in [0.2, 0.25) is 0 Å². The molecule has 0 aliphatic heterocycles. The van der Waals surface area contributed by atoms with Crippen molar-refractivity contribution in [3.05, 3.63) is 71.9 Å². The summed E-state index contributed by atoms with van der Waals surface area (Å²) in [6.07, 6.45) is 1.85. The molecule has 3 nitrogen and oxygen atoms in total. The zero-order valence-corrected chi connectivity index (χ0v) is 12.4. The molecule has 1 aromatic heterocycles. The molecule has 2 aromatic carbocycles. The average molecular weight is 303 g/mol. The molecule has 0 saturated heterocycles. The van der Waals surface area contributed by atoms with Crippen molar-refractivity contribution in [2.45, 2.75) is 18.6 Å². The van der Waals surface area contributed by atoms with Gasteiger partial charge in [0, 0.05) is 23.5 Å². The Hall–Kier alpha value is -1.81. The lowest BCUT2D eigenvalue weighted by molar-refractivity contribution is 0.145. The predicted octanol–water partition coefficient (Wildman–Crippen LogP) is 3.19. The first-order valence-corrected chi connectivity index (χ1v) is 6.79. The van der Waals surface area contributed by atoms with Crippen molar-refractivity contribution in [2.24, 2.45) is 5.73 Å². The summed E-state index contributed by atoms with van der Waals surface area (Å²) in [7, 11) is 0. The molecule has 4 heteroatoms. The molecule has 0 fully saturated rings. The molecule has 0 bridgehead atoms. The van der Waals surface area contributed by atoms with E-state index in [2.05, 4.69) is 4.98 Å². The van der Waals surface area contributed by atoms with Gasteiger partial charge in [-0.3, -0.25) is 0 Å². The number of halogens is 1. The molecule has 3 aromatic rings. The number of H-pyrrole nitrogens is 1. The number of aromatic nitrogens is 1. The summed E-state index contributed by atoms with van der Waals surface area (Å²) in [4.78, 5) is 3.17. The van der Waals surface area contributed by atoms with Crippen LogP contribution in [0.15, 0.2) is 60.8 Å². The van der Waals surface area contributed by atoms with Gasteiger partial charge in [-0.25, -0.2) is 0 Å². The maximum absolute atomic E-state index is 10.4. The number of hydrogen-bond acceptors (Lipinski definition) is 2. The van der Waals surface area contributed by atoms with E-state index >= 15 is 0 Å². The molecule has 0 unspecified atom stereocenters. The summed E-state index contributed by atoms with van der Waals surface area (Å²) < 4.78 is 0. The van der Waals surface area contributed by atoms with Crippen LogP contribution in [0.2, 0.25) is 0 Å². The van der Waals surface area contributed by atoms with Crippen molar-refractivity contribution in [3.8, 4) is 0 Å². The van der Waals surface area contributed by atoms with Gasteiger partial charge in [0.1, 0.15) is 0 Å². The number of fused-ring (bicyclic) bond motifs is 1. The van der Waals surface area contributed by atoms with Gasteiger partial charge in [-0.1, -0.05) is 42.5 Å². The average Bonchev–Trinajstić information content (AvgIpc) is 2.96. The van der Waals surface area contributed by atoms with Gasteiger partial charge in [-0.05, 0) is 23.3 Å². The van der Waals surface area contributed by atoms with Crippen LogP contribution < -0.4 is 5.73 Å². The second-order valence-electron chi connectivity index (χ2n) is 5.07. The number of aliphatic hydroxyl groups excluding tert-OH is 1. The molecule has 0 aliphatic rings.